The highest BCUT2D eigenvalue weighted by molar-refractivity contribution is 7.86. The third-order valence-corrected chi connectivity index (χ3v) is 2.95. The number of hydrogen-bond donors (Lipinski definition) is 2. The van der Waals surface area contributed by atoms with E-state index < -0.39 is 21.4 Å². The maximum absolute atomic E-state index is 10.9. The van der Waals surface area contributed by atoms with E-state index in [1.54, 1.807) is 0 Å². The van der Waals surface area contributed by atoms with Crippen LogP contribution in [0.4, 0.5) is 0 Å². The Labute approximate surface area is 81.4 Å². The van der Waals surface area contributed by atoms with E-state index >= 15 is 0 Å². The number of primary amides is 1. The normalized spacial score (nSPS) is 22.0. The van der Waals surface area contributed by atoms with Crippen molar-refractivity contribution >= 4 is 16.0 Å². The average molecular weight is 218 g/mol. The molecular weight excluding hydrogens is 208 g/mol. The predicted octanol–water partition coefficient (Wildman–Crippen LogP) is -0.929. The molecule has 78 valence electrons. The fraction of sp³-hybridized carbons (Fsp3) is 0.286. The van der Waals surface area contributed by atoms with Crippen molar-refractivity contribution in [3.63, 3.8) is 0 Å². The third kappa shape index (κ3) is 1.94. The van der Waals surface area contributed by atoms with E-state index in [2.05, 4.69) is 0 Å². The molecule has 1 aliphatic heterocycles. The SMILES string of the molecule is CN1C=CC=C(C(N)=O)C1S(=O)(=O)O. The molecule has 1 amide bonds. The molecule has 7 heteroatoms. The smallest absolute Gasteiger partial charge is 0.290 e. The van der Waals surface area contributed by atoms with Gasteiger partial charge in [-0.15, -0.1) is 0 Å². The van der Waals surface area contributed by atoms with Crippen LogP contribution in [-0.2, 0) is 14.9 Å². The van der Waals surface area contributed by atoms with E-state index in [1.807, 2.05) is 0 Å². The molecule has 0 bridgehead atoms. The van der Waals surface area contributed by atoms with E-state index in [4.69, 9.17) is 10.3 Å². The second-order valence-corrected chi connectivity index (χ2v) is 4.34. The molecule has 0 aliphatic carbocycles. The molecule has 0 saturated heterocycles. The molecule has 0 aromatic rings. The summed E-state index contributed by atoms with van der Waals surface area (Å²) in [6.45, 7) is 0. The Kier molecular flexibility index (Phi) is 2.63. The first-order valence-electron chi connectivity index (χ1n) is 3.70. The van der Waals surface area contributed by atoms with Gasteiger partial charge in [-0.05, 0) is 12.2 Å². The zero-order valence-corrected chi connectivity index (χ0v) is 8.23. The van der Waals surface area contributed by atoms with Gasteiger partial charge < -0.3 is 10.6 Å². The van der Waals surface area contributed by atoms with Crippen molar-refractivity contribution in [2.24, 2.45) is 5.73 Å². The Morgan fingerprint density at radius 1 is 1.64 bits per heavy atom. The summed E-state index contributed by atoms with van der Waals surface area (Å²) in [7, 11) is -2.94. The van der Waals surface area contributed by atoms with E-state index in [1.165, 1.54) is 30.3 Å². The first-order valence-corrected chi connectivity index (χ1v) is 5.21. The average Bonchev–Trinajstić information content (AvgIpc) is 2.01. The largest absolute Gasteiger partial charge is 0.366 e. The highest BCUT2D eigenvalue weighted by atomic mass is 32.2. The number of carbonyl (C=O) groups excluding carboxylic acids is 1. The molecule has 6 nitrogen and oxygen atoms in total. The van der Waals surface area contributed by atoms with Gasteiger partial charge in [-0.25, -0.2) is 0 Å². The molecule has 1 heterocycles. The topological polar surface area (TPSA) is 101 Å². The Bertz CT molecular complexity index is 409. The van der Waals surface area contributed by atoms with Gasteiger partial charge in [0.05, 0.1) is 5.57 Å². The molecule has 1 aliphatic rings. The minimum atomic E-state index is -4.36. The summed E-state index contributed by atoms with van der Waals surface area (Å²) < 4.78 is 30.8. The highest BCUT2D eigenvalue weighted by Gasteiger charge is 2.34. The van der Waals surface area contributed by atoms with Gasteiger partial charge in [0.2, 0.25) is 5.91 Å². The lowest BCUT2D eigenvalue weighted by molar-refractivity contribution is -0.114. The van der Waals surface area contributed by atoms with Gasteiger partial charge in [0.1, 0.15) is 0 Å². The Hall–Kier alpha value is -1.34. The van der Waals surface area contributed by atoms with Gasteiger partial charge in [0.15, 0.2) is 5.37 Å². The molecule has 1 atom stereocenters. The van der Waals surface area contributed by atoms with Crippen molar-refractivity contribution in [1.29, 1.82) is 0 Å². The van der Waals surface area contributed by atoms with Crippen LogP contribution >= 0.6 is 0 Å². The highest BCUT2D eigenvalue weighted by Crippen LogP contribution is 2.18. The van der Waals surface area contributed by atoms with Gasteiger partial charge in [0.25, 0.3) is 10.1 Å². The van der Waals surface area contributed by atoms with E-state index in [9.17, 15) is 13.2 Å². The van der Waals surface area contributed by atoms with Gasteiger partial charge in [-0.3, -0.25) is 9.35 Å². The number of amides is 1. The molecule has 0 aromatic heterocycles. The Morgan fingerprint density at radius 2 is 2.21 bits per heavy atom. The lowest BCUT2D eigenvalue weighted by Gasteiger charge is -2.27. The molecule has 0 fully saturated rings. The number of carbonyl (C=O) groups is 1. The van der Waals surface area contributed by atoms with Crippen LogP contribution in [0.5, 0.6) is 0 Å². The van der Waals surface area contributed by atoms with Crippen LogP contribution in [0.3, 0.4) is 0 Å². The fourth-order valence-electron chi connectivity index (χ4n) is 1.24. The van der Waals surface area contributed by atoms with E-state index in [0.29, 0.717) is 0 Å². The first kappa shape index (κ1) is 10.7. The predicted molar refractivity (Wildman–Crippen MR) is 49.5 cm³/mol. The van der Waals surface area contributed by atoms with Crippen LogP contribution in [-0.4, -0.2) is 36.2 Å². The maximum Gasteiger partial charge on any atom is 0.290 e. The van der Waals surface area contributed by atoms with Crippen molar-refractivity contribution in [3.05, 3.63) is 23.9 Å². The van der Waals surface area contributed by atoms with Crippen molar-refractivity contribution in [3.8, 4) is 0 Å². The molecule has 3 N–H and O–H groups in total. The minimum Gasteiger partial charge on any atom is -0.366 e. The number of nitrogens with two attached hydrogens (primary N) is 1. The van der Waals surface area contributed by atoms with Crippen LogP contribution < -0.4 is 5.73 Å². The summed E-state index contributed by atoms with van der Waals surface area (Å²) in [5, 5.41) is -1.41. The van der Waals surface area contributed by atoms with Crippen molar-refractivity contribution in [2.45, 2.75) is 5.37 Å². The van der Waals surface area contributed by atoms with Gasteiger partial charge in [-0.1, -0.05) is 0 Å². The summed E-state index contributed by atoms with van der Waals surface area (Å²) in [5.41, 5.74) is 4.82. The fourth-order valence-corrected chi connectivity index (χ4v) is 2.24. The standard InChI is InChI=1S/C7H10N2O4S/c1-9-4-2-3-5(6(8)10)7(9)14(11,12)13/h2-4,7H,1H3,(H2,8,10)(H,11,12,13). The maximum atomic E-state index is 10.9. The summed E-state index contributed by atoms with van der Waals surface area (Å²) in [6, 6.07) is 0. The molecule has 0 radical (unpaired) electrons. The van der Waals surface area contributed by atoms with Crippen LogP contribution in [0, 0.1) is 0 Å². The second kappa shape index (κ2) is 3.43. The number of nitrogens with zero attached hydrogens (tertiary/aromatic N) is 1. The zero-order chi connectivity index (χ0) is 10.9. The Balaban J connectivity index is 3.20. The second-order valence-electron chi connectivity index (χ2n) is 2.86. The quantitative estimate of drug-likeness (QED) is 0.583. The van der Waals surface area contributed by atoms with Gasteiger partial charge in [0, 0.05) is 13.2 Å². The number of allylic oxidation sites excluding steroid dienone is 2. The first-order chi connectivity index (χ1) is 6.34. The Morgan fingerprint density at radius 3 is 2.57 bits per heavy atom. The number of hydrogen-bond acceptors (Lipinski definition) is 4. The molecular formula is C7H10N2O4S. The minimum absolute atomic E-state index is 0.155. The van der Waals surface area contributed by atoms with Crippen molar-refractivity contribution in [1.82, 2.24) is 4.90 Å². The van der Waals surface area contributed by atoms with Gasteiger partial charge >= 0.3 is 0 Å². The molecule has 0 saturated carbocycles. The van der Waals surface area contributed by atoms with E-state index in [0.717, 1.165) is 0 Å². The van der Waals surface area contributed by atoms with Crippen LogP contribution in [0.15, 0.2) is 23.9 Å². The lowest BCUT2D eigenvalue weighted by Crippen LogP contribution is -2.41. The van der Waals surface area contributed by atoms with E-state index in [-0.39, 0.29) is 5.57 Å². The van der Waals surface area contributed by atoms with Gasteiger partial charge in [-0.2, -0.15) is 8.42 Å². The lowest BCUT2D eigenvalue weighted by atomic mass is 10.2. The van der Waals surface area contributed by atoms with Crippen LogP contribution in [0.25, 0.3) is 0 Å². The number of rotatable bonds is 2. The number of likely N-dealkylation sites (N-methyl/N-ethyl adjacent to an activating group) is 1. The summed E-state index contributed by atoms with van der Waals surface area (Å²) >= 11 is 0. The van der Waals surface area contributed by atoms with Crippen molar-refractivity contribution in [2.75, 3.05) is 7.05 Å². The van der Waals surface area contributed by atoms with Crippen LogP contribution in [0.1, 0.15) is 0 Å². The third-order valence-electron chi connectivity index (χ3n) is 1.80. The summed E-state index contributed by atoms with van der Waals surface area (Å²) in [5.74, 6) is -0.871. The molecule has 14 heavy (non-hydrogen) atoms. The molecule has 0 spiro atoms. The summed E-state index contributed by atoms with van der Waals surface area (Å²) in [6.07, 6.45) is 4.16. The molecule has 0 aromatic carbocycles. The molecule has 1 unspecified atom stereocenters. The molecule has 1 rings (SSSR count). The summed E-state index contributed by atoms with van der Waals surface area (Å²) in [4.78, 5) is 12.1. The monoisotopic (exact) mass is 218 g/mol. The van der Waals surface area contributed by atoms with Crippen LogP contribution in [0.2, 0.25) is 0 Å². The van der Waals surface area contributed by atoms with Crippen molar-refractivity contribution < 1.29 is 17.8 Å². The zero-order valence-electron chi connectivity index (χ0n) is 7.41.